The molecular weight excluding hydrogens is 442 g/mol. The summed E-state index contributed by atoms with van der Waals surface area (Å²) in [5.41, 5.74) is 8.67. The average molecular weight is 470 g/mol. The summed E-state index contributed by atoms with van der Waals surface area (Å²) in [4.78, 5) is 14.1. The average Bonchev–Trinajstić information content (AvgIpc) is 3.43. The molecule has 0 saturated heterocycles. The molecule has 9 heteroatoms. The SMILES string of the molecule is CC1CCc2c(sc(NC(=O)CSc3nnc(C4CC4)n3-c3ccccc3)c2C(N)O)C1. The van der Waals surface area contributed by atoms with Crippen LogP contribution in [-0.4, -0.2) is 31.5 Å². The Morgan fingerprint density at radius 2 is 2.09 bits per heavy atom. The molecule has 2 atom stereocenters. The van der Waals surface area contributed by atoms with E-state index >= 15 is 0 Å². The molecule has 2 aliphatic rings. The van der Waals surface area contributed by atoms with E-state index in [4.69, 9.17) is 5.73 Å². The van der Waals surface area contributed by atoms with Crippen LogP contribution in [0.5, 0.6) is 0 Å². The summed E-state index contributed by atoms with van der Waals surface area (Å²) >= 11 is 2.92. The van der Waals surface area contributed by atoms with Gasteiger partial charge >= 0.3 is 0 Å². The zero-order valence-corrected chi connectivity index (χ0v) is 19.6. The predicted molar refractivity (Wildman–Crippen MR) is 127 cm³/mol. The highest BCUT2D eigenvalue weighted by Gasteiger charge is 2.31. The van der Waals surface area contributed by atoms with Crippen molar-refractivity contribution < 1.29 is 9.90 Å². The van der Waals surface area contributed by atoms with Crippen molar-refractivity contribution in [1.82, 2.24) is 14.8 Å². The van der Waals surface area contributed by atoms with Crippen molar-refractivity contribution in [2.45, 2.75) is 56.3 Å². The van der Waals surface area contributed by atoms with E-state index in [1.807, 2.05) is 30.3 Å². The number of thiophene rings is 1. The number of hydrogen-bond donors (Lipinski definition) is 3. The fraction of sp³-hybridized carbons (Fsp3) is 0.435. The number of aliphatic hydroxyl groups is 1. The Bertz CT molecular complexity index is 1120. The van der Waals surface area contributed by atoms with Crippen molar-refractivity contribution in [3.05, 3.63) is 52.2 Å². The standard InChI is InChI=1S/C23H27N5O2S2/c1-13-7-10-16-17(11-13)32-22(19(16)20(24)30)25-18(29)12-31-23-27-26-21(14-8-9-14)28(23)15-5-3-2-4-6-15/h2-6,13-14,20,30H,7-12,24H2,1H3,(H,25,29). The maximum atomic E-state index is 12.8. The third kappa shape index (κ3) is 4.34. The molecule has 0 radical (unpaired) electrons. The number of aliphatic hydroxyl groups excluding tert-OH is 1. The number of amides is 1. The van der Waals surface area contributed by atoms with Gasteiger partial charge in [-0.25, -0.2) is 0 Å². The largest absolute Gasteiger partial charge is 0.374 e. The summed E-state index contributed by atoms with van der Waals surface area (Å²) in [5, 5.41) is 23.3. The number of nitrogens with two attached hydrogens (primary N) is 1. The van der Waals surface area contributed by atoms with Gasteiger partial charge in [-0.05, 0) is 55.7 Å². The molecule has 168 valence electrons. The number of hydrogen-bond acceptors (Lipinski definition) is 7. The second-order valence-corrected chi connectivity index (χ2v) is 10.7. The lowest BCUT2D eigenvalue weighted by Gasteiger charge is -2.19. The number of rotatable bonds is 7. The molecule has 2 unspecified atom stereocenters. The lowest BCUT2D eigenvalue weighted by molar-refractivity contribution is -0.113. The van der Waals surface area contributed by atoms with Crippen LogP contribution in [0, 0.1) is 5.92 Å². The number of carbonyl (C=O) groups excluding carboxylic acids is 1. The van der Waals surface area contributed by atoms with E-state index < -0.39 is 6.23 Å². The van der Waals surface area contributed by atoms with Gasteiger partial charge in [-0.3, -0.25) is 9.36 Å². The Morgan fingerprint density at radius 3 is 2.81 bits per heavy atom. The van der Waals surface area contributed by atoms with E-state index in [0.717, 1.165) is 49.2 Å². The normalized spacial score (nSPS) is 18.9. The van der Waals surface area contributed by atoms with E-state index in [-0.39, 0.29) is 11.7 Å². The maximum Gasteiger partial charge on any atom is 0.235 e. The van der Waals surface area contributed by atoms with Crippen LogP contribution in [0.15, 0.2) is 35.5 Å². The quantitative estimate of drug-likeness (QED) is 0.357. The smallest absolute Gasteiger partial charge is 0.235 e. The lowest BCUT2D eigenvalue weighted by atomic mass is 9.88. The van der Waals surface area contributed by atoms with Crippen LogP contribution in [0.1, 0.15) is 60.2 Å². The Kier molecular flexibility index (Phi) is 6.07. The highest BCUT2D eigenvalue weighted by Crippen LogP contribution is 2.42. The molecular formula is C23H27N5O2S2. The zero-order valence-electron chi connectivity index (χ0n) is 18.0. The van der Waals surface area contributed by atoms with E-state index in [1.54, 1.807) is 11.3 Å². The van der Waals surface area contributed by atoms with Crippen molar-refractivity contribution in [2.75, 3.05) is 11.1 Å². The molecule has 0 aliphatic heterocycles. The van der Waals surface area contributed by atoms with Gasteiger partial charge in [0.05, 0.1) is 5.75 Å². The van der Waals surface area contributed by atoms with Crippen molar-refractivity contribution in [3.8, 4) is 5.69 Å². The molecule has 1 saturated carbocycles. The van der Waals surface area contributed by atoms with Gasteiger partial charge in [0.1, 0.15) is 17.1 Å². The second-order valence-electron chi connectivity index (χ2n) is 8.66. The Labute approximate surface area is 195 Å². The Morgan fingerprint density at radius 1 is 1.31 bits per heavy atom. The van der Waals surface area contributed by atoms with Crippen LogP contribution in [0.4, 0.5) is 5.00 Å². The molecule has 2 aromatic heterocycles. The summed E-state index contributed by atoms with van der Waals surface area (Å²) < 4.78 is 2.07. The van der Waals surface area contributed by atoms with Gasteiger partial charge in [0.15, 0.2) is 5.16 Å². The van der Waals surface area contributed by atoms with Gasteiger partial charge in [0.2, 0.25) is 5.91 Å². The first kappa shape index (κ1) is 21.6. The van der Waals surface area contributed by atoms with Gasteiger partial charge < -0.3 is 16.2 Å². The molecule has 3 aromatic rings. The molecule has 2 heterocycles. The van der Waals surface area contributed by atoms with Crippen LogP contribution in [0.2, 0.25) is 0 Å². The minimum absolute atomic E-state index is 0.140. The predicted octanol–water partition coefficient (Wildman–Crippen LogP) is 4.01. The van der Waals surface area contributed by atoms with Crippen molar-refractivity contribution >= 4 is 34.0 Å². The molecule has 4 N–H and O–H groups in total. The van der Waals surface area contributed by atoms with E-state index in [9.17, 15) is 9.90 Å². The third-order valence-corrected chi connectivity index (χ3v) is 8.16. The second kappa shape index (κ2) is 8.97. The highest BCUT2D eigenvalue weighted by molar-refractivity contribution is 7.99. The molecule has 7 nitrogen and oxygen atoms in total. The number of para-hydroxylation sites is 1. The summed E-state index contributed by atoms with van der Waals surface area (Å²) in [6, 6.07) is 10.0. The monoisotopic (exact) mass is 469 g/mol. The Hall–Kier alpha value is -2.20. The third-order valence-electron chi connectivity index (χ3n) is 6.05. The van der Waals surface area contributed by atoms with Crippen LogP contribution in [-0.2, 0) is 17.6 Å². The number of nitrogens with one attached hydrogen (secondary N) is 1. The molecule has 32 heavy (non-hydrogen) atoms. The highest BCUT2D eigenvalue weighted by atomic mass is 32.2. The molecule has 1 aromatic carbocycles. The summed E-state index contributed by atoms with van der Waals surface area (Å²) in [6.45, 7) is 2.23. The van der Waals surface area contributed by atoms with Crippen molar-refractivity contribution in [3.63, 3.8) is 0 Å². The van der Waals surface area contributed by atoms with Crippen molar-refractivity contribution in [1.29, 1.82) is 0 Å². The van der Waals surface area contributed by atoms with Crippen LogP contribution >= 0.6 is 23.1 Å². The number of thioether (sulfide) groups is 1. The van der Waals surface area contributed by atoms with Gasteiger partial charge in [0.25, 0.3) is 0 Å². The van der Waals surface area contributed by atoms with Crippen LogP contribution in [0.3, 0.4) is 0 Å². The zero-order chi connectivity index (χ0) is 22.2. The van der Waals surface area contributed by atoms with Crippen LogP contribution in [0.25, 0.3) is 5.69 Å². The van der Waals surface area contributed by atoms with Crippen molar-refractivity contribution in [2.24, 2.45) is 11.7 Å². The number of fused-ring (bicyclic) bond motifs is 1. The topological polar surface area (TPSA) is 106 Å². The molecule has 0 spiro atoms. The first-order valence-electron chi connectivity index (χ1n) is 11.0. The van der Waals surface area contributed by atoms with Gasteiger partial charge in [-0.15, -0.1) is 21.5 Å². The fourth-order valence-electron chi connectivity index (χ4n) is 4.27. The molecule has 1 amide bonds. The Balaban J connectivity index is 1.33. The van der Waals surface area contributed by atoms with E-state index in [1.165, 1.54) is 16.6 Å². The van der Waals surface area contributed by atoms with Gasteiger partial charge in [-0.2, -0.15) is 0 Å². The maximum absolute atomic E-state index is 12.8. The fourth-order valence-corrected chi connectivity index (χ4v) is 6.50. The minimum Gasteiger partial charge on any atom is -0.374 e. The summed E-state index contributed by atoms with van der Waals surface area (Å²) in [6.07, 6.45) is 4.10. The number of aromatic nitrogens is 3. The van der Waals surface area contributed by atoms with Crippen LogP contribution < -0.4 is 11.1 Å². The number of nitrogens with zero attached hydrogens (tertiary/aromatic N) is 3. The summed E-state index contributed by atoms with van der Waals surface area (Å²) in [7, 11) is 0. The lowest BCUT2D eigenvalue weighted by Crippen LogP contribution is -2.19. The summed E-state index contributed by atoms with van der Waals surface area (Å²) in [5.74, 6) is 2.08. The first-order chi connectivity index (χ1) is 15.5. The number of benzene rings is 1. The molecule has 0 bridgehead atoms. The molecule has 5 rings (SSSR count). The van der Waals surface area contributed by atoms with E-state index in [2.05, 4.69) is 27.0 Å². The van der Waals surface area contributed by atoms with E-state index in [0.29, 0.717) is 27.6 Å². The van der Waals surface area contributed by atoms with Gasteiger partial charge in [0, 0.05) is 22.0 Å². The van der Waals surface area contributed by atoms with Gasteiger partial charge in [-0.1, -0.05) is 36.9 Å². The number of carbonyl (C=O) groups is 1. The first-order valence-corrected chi connectivity index (χ1v) is 12.8. The molecule has 2 aliphatic carbocycles. The number of anilines is 1. The molecule has 1 fully saturated rings. The minimum atomic E-state index is -1.09.